The molecule has 0 saturated heterocycles. The van der Waals surface area contributed by atoms with E-state index in [0.29, 0.717) is 0 Å². The summed E-state index contributed by atoms with van der Waals surface area (Å²) in [5, 5.41) is 0. The number of nitrogens with two attached hydrogens (primary N) is 1. The van der Waals surface area contributed by atoms with Gasteiger partial charge in [-0.3, -0.25) is 9.59 Å². The highest BCUT2D eigenvalue weighted by molar-refractivity contribution is 6.04. The Bertz CT molecular complexity index is 272. The Balaban J connectivity index is 5.28. The number of hydrogen-bond donors (Lipinski definition) is 1. The van der Waals surface area contributed by atoms with Crippen molar-refractivity contribution in [3.05, 3.63) is 25.3 Å². The number of allylic oxidation sites excluding steroid dienone is 2. The molecule has 0 atom stereocenters. The van der Waals surface area contributed by atoms with Crippen molar-refractivity contribution in [3.8, 4) is 0 Å². The molecule has 0 bridgehead atoms. The quantitative estimate of drug-likeness (QED) is 0.518. The molecule has 0 unspecified atom stereocenters. The Morgan fingerprint density at radius 3 is 1.87 bits per heavy atom. The molecule has 0 aromatic heterocycles. The van der Waals surface area contributed by atoms with Gasteiger partial charge in [0.05, 0.1) is 0 Å². The number of carbonyl (C=O) groups is 2. The molecular weight excluding hydrogens is 192 g/mol. The fourth-order valence-corrected chi connectivity index (χ4v) is 1.49. The summed E-state index contributed by atoms with van der Waals surface area (Å²) in [6.07, 6.45) is 3.50. The zero-order valence-corrected chi connectivity index (χ0v) is 9.32. The molecule has 15 heavy (non-hydrogen) atoms. The summed E-state index contributed by atoms with van der Waals surface area (Å²) in [6, 6.07) is 0. The van der Waals surface area contributed by atoms with E-state index in [1.165, 1.54) is 17.1 Å². The first-order valence-electron chi connectivity index (χ1n) is 4.66. The molecule has 0 radical (unpaired) electrons. The highest BCUT2D eigenvalue weighted by atomic mass is 16.2. The van der Waals surface area contributed by atoms with Crippen LogP contribution in [0.2, 0.25) is 0 Å². The van der Waals surface area contributed by atoms with Crippen molar-refractivity contribution < 1.29 is 9.59 Å². The second-order valence-corrected chi connectivity index (χ2v) is 3.63. The minimum absolute atomic E-state index is 0.228. The molecule has 0 aliphatic carbocycles. The number of primary amides is 1. The summed E-state index contributed by atoms with van der Waals surface area (Å²) >= 11 is 0. The molecule has 0 heterocycles. The average Bonchev–Trinajstić information content (AvgIpc) is 2.15. The second kappa shape index (κ2) is 5.34. The summed E-state index contributed by atoms with van der Waals surface area (Å²) < 4.78 is 0. The third kappa shape index (κ3) is 2.68. The van der Waals surface area contributed by atoms with Crippen molar-refractivity contribution in [1.29, 1.82) is 0 Å². The predicted octanol–water partition coefficient (Wildman–Crippen LogP) is 0.699. The van der Waals surface area contributed by atoms with Crippen LogP contribution in [0.4, 0.5) is 0 Å². The molecule has 0 rings (SSSR count). The molecule has 0 aliphatic rings. The van der Waals surface area contributed by atoms with E-state index in [9.17, 15) is 9.59 Å². The van der Waals surface area contributed by atoms with Crippen LogP contribution in [-0.4, -0.2) is 30.8 Å². The maximum absolute atomic E-state index is 11.9. The molecular formula is C11H18N2O2. The highest BCUT2D eigenvalue weighted by Gasteiger charge is 2.43. The number of carbonyl (C=O) groups excluding carboxylic acids is 2. The van der Waals surface area contributed by atoms with Gasteiger partial charge in [0.2, 0.25) is 11.8 Å². The van der Waals surface area contributed by atoms with Gasteiger partial charge >= 0.3 is 0 Å². The monoisotopic (exact) mass is 210 g/mol. The third-order valence-electron chi connectivity index (χ3n) is 2.27. The fourth-order valence-electron chi connectivity index (χ4n) is 1.49. The van der Waals surface area contributed by atoms with E-state index in [4.69, 9.17) is 5.73 Å². The number of amides is 2. The Labute approximate surface area is 90.4 Å². The van der Waals surface area contributed by atoms with Crippen LogP contribution in [0.5, 0.6) is 0 Å². The topological polar surface area (TPSA) is 63.4 Å². The van der Waals surface area contributed by atoms with Crippen LogP contribution in [0.3, 0.4) is 0 Å². The van der Waals surface area contributed by atoms with Gasteiger partial charge in [-0.05, 0) is 12.8 Å². The van der Waals surface area contributed by atoms with Crippen LogP contribution in [0, 0.1) is 5.41 Å². The summed E-state index contributed by atoms with van der Waals surface area (Å²) in [4.78, 5) is 24.7. The van der Waals surface area contributed by atoms with E-state index < -0.39 is 11.3 Å². The van der Waals surface area contributed by atoms with Crippen molar-refractivity contribution in [3.63, 3.8) is 0 Å². The minimum Gasteiger partial charge on any atom is -0.369 e. The molecule has 0 saturated carbocycles. The maximum Gasteiger partial charge on any atom is 0.238 e. The molecule has 0 spiro atoms. The van der Waals surface area contributed by atoms with E-state index in [1.807, 2.05) is 0 Å². The van der Waals surface area contributed by atoms with Crippen molar-refractivity contribution in [2.24, 2.45) is 11.1 Å². The van der Waals surface area contributed by atoms with Crippen molar-refractivity contribution in [2.75, 3.05) is 14.1 Å². The zero-order valence-electron chi connectivity index (χ0n) is 9.32. The predicted molar refractivity (Wildman–Crippen MR) is 59.9 cm³/mol. The van der Waals surface area contributed by atoms with Gasteiger partial charge in [0.1, 0.15) is 5.41 Å². The van der Waals surface area contributed by atoms with Crippen molar-refractivity contribution >= 4 is 11.8 Å². The van der Waals surface area contributed by atoms with E-state index in [0.717, 1.165) is 0 Å². The molecule has 0 aromatic carbocycles. The van der Waals surface area contributed by atoms with Gasteiger partial charge in [0.15, 0.2) is 0 Å². The maximum atomic E-state index is 11.9. The molecule has 4 nitrogen and oxygen atoms in total. The molecule has 0 fully saturated rings. The SMILES string of the molecule is C=CCC(CC=C)(C(N)=O)C(=O)N(C)C. The first-order chi connectivity index (χ1) is 6.92. The largest absolute Gasteiger partial charge is 0.369 e. The van der Waals surface area contributed by atoms with Gasteiger partial charge in [-0.25, -0.2) is 0 Å². The lowest BCUT2D eigenvalue weighted by molar-refractivity contribution is -0.147. The first-order valence-corrected chi connectivity index (χ1v) is 4.66. The van der Waals surface area contributed by atoms with Gasteiger partial charge < -0.3 is 10.6 Å². The van der Waals surface area contributed by atoms with Gasteiger partial charge in [0.25, 0.3) is 0 Å². The lowest BCUT2D eigenvalue weighted by atomic mass is 9.79. The van der Waals surface area contributed by atoms with E-state index in [2.05, 4.69) is 13.2 Å². The van der Waals surface area contributed by atoms with Crippen LogP contribution in [0.25, 0.3) is 0 Å². The Morgan fingerprint density at radius 1 is 1.27 bits per heavy atom. The van der Waals surface area contributed by atoms with Crippen LogP contribution < -0.4 is 5.73 Å². The molecule has 0 aliphatic heterocycles. The first kappa shape index (κ1) is 13.4. The molecule has 84 valence electrons. The van der Waals surface area contributed by atoms with Gasteiger partial charge in [-0.2, -0.15) is 0 Å². The van der Waals surface area contributed by atoms with Gasteiger partial charge in [-0.15, -0.1) is 13.2 Å². The zero-order chi connectivity index (χ0) is 12.1. The lowest BCUT2D eigenvalue weighted by Gasteiger charge is -2.29. The average molecular weight is 210 g/mol. The van der Waals surface area contributed by atoms with Crippen LogP contribution in [0.1, 0.15) is 12.8 Å². The number of hydrogen-bond acceptors (Lipinski definition) is 2. The normalized spacial score (nSPS) is 10.5. The van der Waals surface area contributed by atoms with E-state index in [-0.39, 0.29) is 18.7 Å². The van der Waals surface area contributed by atoms with Crippen molar-refractivity contribution in [2.45, 2.75) is 12.8 Å². The highest BCUT2D eigenvalue weighted by Crippen LogP contribution is 2.29. The third-order valence-corrected chi connectivity index (χ3v) is 2.27. The summed E-state index contributed by atoms with van der Waals surface area (Å²) in [5.74, 6) is -0.948. The van der Waals surface area contributed by atoms with Crippen LogP contribution >= 0.6 is 0 Å². The van der Waals surface area contributed by atoms with E-state index >= 15 is 0 Å². The molecule has 0 aromatic rings. The van der Waals surface area contributed by atoms with Gasteiger partial charge in [0, 0.05) is 14.1 Å². The molecule has 4 heteroatoms. The Hall–Kier alpha value is -1.58. The van der Waals surface area contributed by atoms with Crippen molar-refractivity contribution in [1.82, 2.24) is 4.90 Å². The smallest absolute Gasteiger partial charge is 0.238 e. The summed E-state index contributed by atoms with van der Waals surface area (Å²) in [5.41, 5.74) is 4.07. The van der Waals surface area contributed by atoms with Crippen LogP contribution in [-0.2, 0) is 9.59 Å². The number of rotatable bonds is 6. The molecule has 2 amide bonds. The fraction of sp³-hybridized carbons (Fsp3) is 0.455. The lowest BCUT2D eigenvalue weighted by Crippen LogP contribution is -2.48. The summed E-state index contributed by atoms with van der Waals surface area (Å²) in [6.45, 7) is 7.08. The van der Waals surface area contributed by atoms with Crippen LogP contribution in [0.15, 0.2) is 25.3 Å². The summed E-state index contributed by atoms with van der Waals surface area (Å²) in [7, 11) is 3.18. The number of nitrogens with zero attached hydrogens (tertiary/aromatic N) is 1. The standard InChI is InChI=1S/C11H18N2O2/c1-5-7-11(8-6-2,9(12)14)10(15)13(3)4/h5-6H,1-2,7-8H2,3-4H3,(H2,12,14). The Kier molecular flexibility index (Phi) is 4.78. The molecule has 2 N–H and O–H groups in total. The second-order valence-electron chi connectivity index (χ2n) is 3.63. The minimum atomic E-state index is -1.23. The van der Waals surface area contributed by atoms with Gasteiger partial charge in [-0.1, -0.05) is 12.2 Å². The Morgan fingerprint density at radius 2 is 1.67 bits per heavy atom. The van der Waals surface area contributed by atoms with E-state index in [1.54, 1.807) is 14.1 Å².